The molecule has 1 heterocycles. The third-order valence-corrected chi connectivity index (χ3v) is 5.79. The summed E-state index contributed by atoms with van der Waals surface area (Å²) >= 11 is 6.15. The Labute approximate surface area is 195 Å². The van der Waals surface area contributed by atoms with Crippen LogP contribution in [0.15, 0.2) is 60.7 Å². The molecule has 0 saturated heterocycles. The molecule has 3 aromatic rings. The molecule has 1 aliphatic rings. The van der Waals surface area contributed by atoms with Crippen LogP contribution in [-0.2, 0) is 40.4 Å². The Morgan fingerprint density at radius 3 is 2.61 bits per heavy atom. The summed E-state index contributed by atoms with van der Waals surface area (Å²) in [6, 6.07) is 17.4. The van der Waals surface area contributed by atoms with Gasteiger partial charge in [0.1, 0.15) is 12.4 Å². The van der Waals surface area contributed by atoms with Crippen LogP contribution < -0.4 is 0 Å². The van der Waals surface area contributed by atoms with Crippen molar-refractivity contribution in [1.29, 1.82) is 0 Å². The molecule has 0 bridgehead atoms. The highest BCUT2D eigenvalue weighted by Gasteiger charge is 2.26. The predicted octanol–water partition coefficient (Wildman–Crippen LogP) is 5.40. The van der Waals surface area contributed by atoms with Crippen molar-refractivity contribution in [2.24, 2.45) is 0 Å². The van der Waals surface area contributed by atoms with Crippen molar-refractivity contribution in [1.82, 2.24) is 5.06 Å². The molecule has 0 atom stereocenters. The van der Waals surface area contributed by atoms with Crippen molar-refractivity contribution in [2.45, 2.75) is 26.0 Å². The Kier molecular flexibility index (Phi) is 6.91. The molecule has 1 N–H and O–H groups in total. The van der Waals surface area contributed by atoms with E-state index in [0.29, 0.717) is 40.2 Å². The first-order valence-electron chi connectivity index (χ1n) is 10.3. The van der Waals surface area contributed by atoms with Gasteiger partial charge in [0.25, 0.3) is 0 Å². The lowest BCUT2D eigenvalue weighted by Gasteiger charge is -2.29. The smallest absolute Gasteiger partial charge is 0.481 e. The van der Waals surface area contributed by atoms with Crippen LogP contribution in [0.4, 0.5) is 9.18 Å². The molecule has 6 nitrogen and oxygen atoms in total. The fourth-order valence-electron chi connectivity index (χ4n) is 3.84. The van der Waals surface area contributed by atoms with Crippen LogP contribution in [-0.4, -0.2) is 28.8 Å². The fraction of sp³-hybridized carbons (Fsp3) is 0.200. The van der Waals surface area contributed by atoms with Crippen LogP contribution in [0.5, 0.6) is 0 Å². The number of carbonyl (C=O) groups is 2. The van der Waals surface area contributed by atoms with Crippen molar-refractivity contribution in [2.75, 3.05) is 6.54 Å². The Balaban J connectivity index is 1.53. The lowest BCUT2D eigenvalue weighted by Crippen LogP contribution is -2.34. The molecule has 0 saturated carbocycles. The molecule has 0 aliphatic carbocycles. The van der Waals surface area contributed by atoms with E-state index in [1.54, 1.807) is 24.3 Å². The van der Waals surface area contributed by atoms with E-state index >= 15 is 0 Å². The minimum absolute atomic E-state index is 0.0844. The normalized spacial score (nSPS) is 13.3. The number of halogens is 2. The van der Waals surface area contributed by atoms with Gasteiger partial charge in [0, 0.05) is 11.6 Å². The highest BCUT2D eigenvalue weighted by atomic mass is 35.5. The van der Waals surface area contributed by atoms with E-state index in [1.807, 2.05) is 30.3 Å². The molecule has 8 heteroatoms. The highest BCUT2D eigenvalue weighted by Crippen LogP contribution is 2.34. The van der Waals surface area contributed by atoms with Crippen LogP contribution in [0.1, 0.15) is 22.3 Å². The monoisotopic (exact) mass is 469 g/mol. The number of carboxylic acids is 1. The van der Waals surface area contributed by atoms with E-state index in [-0.39, 0.29) is 25.4 Å². The minimum atomic E-state index is -0.997. The number of aliphatic carboxylic acids is 1. The Morgan fingerprint density at radius 2 is 1.85 bits per heavy atom. The van der Waals surface area contributed by atoms with Crippen LogP contribution in [0.2, 0.25) is 5.02 Å². The molecule has 0 fully saturated rings. The molecule has 4 rings (SSSR count). The number of hydrogen-bond donors (Lipinski definition) is 1. The lowest BCUT2D eigenvalue weighted by molar-refractivity contribution is -0.139. The summed E-state index contributed by atoms with van der Waals surface area (Å²) in [6.07, 6.45) is -0.717. The number of carboxylic acid groups (broad SMARTS) is 1. The molecule has 0 spiro atoms. The Bertz CT molecular complexity index is 1180. The maximum absolute atomic E-state index is 14.5. The number of ether oxygens (including phenoxy) is 1. The number of carbonyl (C=O) groups excluding carboxylic acids is 1. The molecule has 0 unspecified atom stereocenters. The van der Waals surface area contributed by atoms with Crippen molar-refractivity contribution in [3.05, 3.63) is 93.8 Å². The van der Waals surface area contributed by atoms with E-state index in [9.17, 15) is 14.0 Å². The van der Waals surface area contributed by atoms with Gasteiger partial charge in [-0.3, -0.25) is 4.79 Å². The first-order chi connectivity index (χ1) is 15.9. The lowest BCUT2D eigenvalue weighted by atomic mass is 9.90. The van der Waals surface area contributed by atoms with Gasteiger partial charge in [-0.2, -0.15) is 0 Å². The third kappa shape index (κ3) is 5.50. The summed E-state index contributed by atoms with van der Waals surface area (Å²) in [5.41, 5.74) is 3.94. The van der Waals surface area contributed by atoms with Gasteiger partial charge in [-0.15, -0.1) is 5.06 Å². The van der Waals surface area contributed by atoms with E-state index in [1.165, 1.54) is 11.1 Å². The average Bonchev–Trinajstić information content (AvgIpc) is 2.80. The van der Waals surface area contributed by atoms with Crippen LogP contribution in [0.25, 0.3) is 11.1 Å². The zero-order valence-corrected chi connectivity index (χ0v) is 18.3. The van der Waals surface area contributed by atoms with Crippen molar-refractivity contribution in [3.8, 4) is 11.1 Å². The highest BCUT2D eigenvalue weighted by molar-refractivity contribution is 6.31. The second-order valence-electron chi connectivity index (χ2n) is 7.66. The predicted molar refractivity (Wildman–Crippen MR) is 120 cm³/mol. The minimum Gasteiger partial charge on any atom is -0.481 e. The molecular formula is C25H21ClFNO5. The molecule has 3 aromatic carbocycles. The zero-order valence-electron chi connectivity index (χ0n) is 17.6. The van der Waals surface area contributed by atoms with Crippen LogP contribution in [0, 0.1) is 5.82 Å². The van der Waals surface area contributed by atoms with Crippen molar-refractivity contribution < 1.29 is 28.7 Å². The van der Waals surface area contributed by atoms with Crippen LogP contribution >= 0.6 is 11.6 Å². The summed E-state index contributed by atoms with van der Waals surface area (Å²) in [4.78, 5) is 28.7. The van der Waals surface area contributed by atoms with Gasteiger partial charge in [-0.1, -0.05) is 54.1 Å². The van der Waals surface area contributed by atoms with Gasteiger partial charge < -0.3 is 14.7 Å². The van der Waals surface area contributed by atoms with Gasteiger partial charge >= 0.3 is 12.1 Å². The Morgan fingerprint density at radius 1 is 1.06 bits per heavy atom. The number of fused-ring (bicyclic) bond motifs is 1. The largest absolute Gasteiger partial charge is 0.528 e. The number of hydrogen-bond acceptors (Lipinski definition) is 5. The molecule has 1 aliphatic heterocycles. The van der Waals surface area contributed by atoms with Crippen molar-refractivity contribution in [3.63, 3.8) is 0 Å². The molecule has 0 aromatic heterocycles. The molecular weight excluding hydrogens is 449 g/mol. The quantitative estimate of drug-likeness (QED) is 0.487. The van der Waals surface area contributed by atoms with E-state index in [2.05, 4.69) is 0 Å². The number of hydroxylamine groups is 2. The number of benzene rings is 3. The summed E-state index contributed by atoms with van der Waals surface area (Å²) in [5, 5.41) is 10.9. The van der Waals surface area contributed by atoms with E-state index < -0.39 is 12.1 Å². The van der Waals surface area contributed by atoms with Gasteiger partial charge in [-0.05, 0) is 58.0 Å². The first-order valence-corrected chi connectivity index (χ1v) is 10.7. The van der Waals surface area contributed by atoms with E-state index in [4.69, 9.17) is 26.3 Å². The number of nitrogens with zero attached hydrogens (tertiary/aromatic N) is 1. The summed E-state index contributed by atoms with van der Waals surface area (Å²) in [7, 11) is 0. The number of rotatable bonds is 6. The second-order valence-corrected chi connectivity index (χ2v) is 8.07. The van der Waals surface area contributed by atoms with Gasteiger partial charge in [0.2, 0.25) is 0 Å². The van der Waals surface area contributed by atoms with Gasteiger partial charge in [0.05, 0.1) is 13.0 Å². The van der Waals surface area contributed by atoms with Crippen LogP contribution in [0.3, 0.4) is 0 Å². The Hall–Kier alpha value is -3.42. The summed E-state index contributed by atoms with van der Waals surface area (Å²) < 4.78 is 19.7. The van der Waals surface area contributed by atoms with Gasteiger partial charge in [0.15, 0.2) is 0 Å². The molecule has 33 heavy (non-hydrogen) atoms. The third-order valence-electron chi connectivity index (χ3n) is 5.42. The SMILES string of the molecule is O=C(O)Cc1cc(-c2ccc(F)c3c2CN(OC(=O)OCc2ccccc2)CC3)ccc1Cl. The van der Waals surface area contributed by atoms with Crippen molar-refractivity contribution >= 4 is 23.7 Å². The maximum Gasteiger partial charge on any atom is 0.528 e. The summed E-state index contributed by atoms with van der Waals surface area (Å²) in [5.74, 6) is -1.33. The molecule has 0 amide bonds. The standard InChI is InChI=1S/C25H21ClFNO5/c26-22-8-6-17(12-18(22)13-24(29)30)19-7-9-23(27)20-10-11-28(14-21(19)20)33-25(31)32-15-16-4-2-1-3-5-16/h1-9,12H,10-11,13-15H2,(H,29,30). The molecule has 0 radical (unpaired) electrons. The fourth-order valence-corrected chi connectivity index (χ4v) is 4.03. The van der Waals surface area contributed by atoms with Gasteiger partial charge in [-0.25, -0.2) is 9.18 Å². The molecule has 170 valence electrons. The first kappa shape index (κ1) is 22.8. The second kappa shape index (κ2) is 10.0. The topological polar surface area (TPSA) is 76.1 Å². The summed E-state index contributed by atoms with van der Waals surface area (Å²) in [6.45, 7) is 0.569. The maximum atomic E-state index is 14.5. The average molecular weight is 470 g/mol. The van der Waals surface area contributed by atoms with E-state index in [0.717, 1.165) is 11.1 Å². The zero-order chi connectivity index (χ0) is 23.4.